The van der Waals surface area contributed by atoms with Gasteiger partial charge in [0.2, 0.25) is 0 Å². The average molecular weight is 188 g/mol. The zero-order valence-corrected chi connectivity index (χ0v) is 7.61. The van der Waals surface area contributed by atoms with Crippen LogP contribution in [0.2, 0.25) is 0 Å². The second-order valence-corrected chi connectivity index (χ2v) is 4.41. The number of rotatable bonds is 2. The Kier molecular flexibility index (Phi) is 9.17. The van der Waals surface area contributed by atoms with E-state index in [1.165, 1.54) is 0 Å². The predicted octanol–water partition coefficient (Wildman–Crippen LogP) is -7.96. The van der Waals surface area contributed by atoms with E-state index in [0.29, 0.717) is 0 Å². The molecule has 0 atom stereocenters. The van der Waals surface area contributed by atoms with E-state index < -0.39 is 25.3 Å². The smallest absolute Gasteiger partial charge is 0.747 e. The van der Waals surface area contributed by atoms with E-state index in [4.69, 9.17) is 0 Å². The molecule has 0 amide bonds. The average Bonchev–Trinajstić information content (AvgIpc) is 1.14. The van der Waals surface area contributed by atoms with Gasteiger partial charge < -0.3 is 9.11 Å². The fourth-order valence-corrected chi connectivity index (χ4v) is 1.59. The van der Waals surface area contributed by atoms with Crippen molar-refractivity contribution in [2.24, 2.45) is 0 Å². The minimum Gasteiger partial charge on any atom is -0.747 e. The molecule has 0 aliphatic heterocycles. The third-order valence-corrected chi connectivity index (χ3v) is 2.60. The normalized spacial score (nSPS) is 11.1. The second-order valence-electron chi connectivity index (χ2n) is 1.23. The van der Waals surface area contributed by atoms with Crippen molar-refractivity contribution in [3.8, 4) is 0 Å². The predicted molar refractivity (Wildman–Crippen MR) is 24.3 cm³/mol. The first-order valence-corrected chi connectivity index (χ1v) is 4.73. The zero-order chi connectivity index (χ0) is 7.71. The summed E-state index contributed by atoms with van der Waals surface area (Å²) in [6.45, 7) is 0. The standard InChI is InChI=1S/CH4O6S2.2Li/c2-8(3,4)1-9(5,6)7;;/h1H2,(H,2,3,4)(H,5,6,7);;/q;2*+1/p-2. The molecule has 0 aliphatic rings. The molecule has 56 valence electrons. The van der Waals surface area contributed by atoms with Crippen molar-refractivity contribution in [3.05, 3.63) is 0 Å². The molecule has 0 N–H and O–H groups in total. The summed E-state index contributed by atoms with van der Waals surface area (Å²) in [4.78, 5) is 0. The molecule has 0 spiro atoms. The fourth-order valence-electron chi connectivity index (χ4n) is 0.177. The van der Waals surface area contributed by atoms with Crippen LogP contribution in [0.15, 0.2) is 0 Å². The topological polar surface area (TPSA) is 114 Å². The monoisotopic (exact) mass is 188 g/mol. The molecular formula is CH2Li2O6S2. The molecule has 0 aromatic carbocycles. The van der Waals surface area contributed by atoms with Crippen LogP contribution in [0.1, 0.15) is 0 Å². The van der Waals surface area contributed by atoms with Gasteiger partial charge in [0, 0.05) is 0 Å². The van der Waals surface area contributed by atoms with Gasteiger partial charge in [-0.3, -0.25) is 0 Å². The Morgan fingerprint density at radius 2 is 1.00 bits per heavy atom. The van der Waals surface area contributed by atoms with E-state index in [1.807, 2.05) is 0 Å². The maximum Gasteiger partial charge on any atom is 1.00 e. The van der Waals surface area contributed by atoms with Crippen LogP contribution in [0.3, 0.4) is 0 Å². The van der Waals surface area contributed by atoms with Crippen molar-refractivity contribution in [2.45, 2.75) is 0 Å². The Bertz CT molecular complexity index is 244. The zero-order valence-electron chi connectivity index (χ0n) is 5.97. The largest absolute Gasteiger partial charge is 1.00 e. The number of hydrogen-bond acceptors (Lipinski definition) is 6. The van der Waals surface area contributed by atoms with Crippen molar-refractivity contribution in [2.75, 3.05) is 5.08 Å². The first kappa shape index (κ1) is 17.9. The van der Waals surface area contributed by atoms with E-state index in [0.717, 1.165) is 0 Å². The van der Waals surface area contributed by atoms with E-state index in [-0.39, 0.29) is 37.7 Å². The molecule has 0 radical (unpaired) electrons. The van der Waals surface area contributed by atoms with Crippen molar-refractivity contribution >= 4 is 20.2 Å². The van der Waals surface area contributed by atoms with Crippen LogP contribution in [0, 0.1) is 0 Å². The summed E-state index contributed by atoms with van der Waals surface area (Å²) in [5.74, 6) is 0. The van der Waals surface area contributed by atoms with Crippen LogP contribution in [0.5, 0.6) is 0 Å². The molecule has 0 aromatic heterocycles. The van der Waals surface area contributed by atoms with Gasteiger partial charge in [-0.2, -0.15) is 0 Å². The molecule has 0 rings (SSSR count). The minimum absolute atomic E-state index is 0. The quantitative estimate of drug-likeness (QED) is 0.314. The molecule has 0 fully saturated rings. The SMILES string of the molecule is O=S(=O)([O-])CS(=O)(=O)[O-].[Li+].[Li+]. The van der Waals surface area contributed by atoms with Crippen molar-refractivity contribution in [1.29, 1.82) is 0 Å². The third-order valence-electron chi connectivity index (χ3n) is 0.289. The Morgan fingerprint density at radius 1 is 0.818 bits per heavy atom. The van der Waals surface area contributed by atoms with Gasteiger partial charge in [0.15, 0.2) is 0 Å². The maximum absolute atomic E-state index is 9.51. The molecule has 0 aliphatic carbocycles. The van der Waals surface area contributed by atoms with Crippen LogP contribution in [-0.4, -0.2) is 31.0 Å². The van der Waals surface area contributed by atoms with Gasteiger partial charge in [-0.1, -0.05) is 0 Å². The number of hydrogen-bond donors (Lipinski definition) is 0. The summed E-state index contributed by atoms with van der Waals surface area (Å²) >= 11 is 0. The van der Waals surface area contributed by atoms with Crippen LogP contribution in [-0.2, 0) is 20.2 Å². The molecule has 10 heteroatoms. The summed E-state index contributed by atoms with van der Waals surface area (Å²) < 4.78 is 57.1. The minimum atomic E-state index is -4.93. The van der Waals surface area contributed by atoms with Crippen molar-refractivity contribution < 1.29 is 63.7 Å². The van der Waals surface area contributed by atoms with Gasteiger partial charge in [0.1, 0.15) is 25.3 Å². The van der Waals surface area contributed by atoms with Gasteiger partial charge >= 0.3 is 37.7 Å². The maximum atomic E-state index is 9.51. The molecule has 0 bridgehead atoms. The van der Waals surface area contributed by atoms with Gasteiger partial charge in [-0.15, -0.1) is 0 Å². The first-order valence-electron chi connectivity index (χ1n) is 1.58. The molecule has 0 unspecified atom stereocenters. The molecule has 6 nitrogen and oxygen atoms in total. The van der Waals surface area contributed by atoms with E-state index >= 15 is 0 Å². The molecular weight excluding hydrogens is 186 g/mol. The molecule has 0 saturated carbocycles. The summed E-state index contributed by atoms with van der Waals surface area (Å²) in [7, 11) is -9.86. The van der Waals surface area contributed by atoms with Crippen LogP contribution in [0.4, 0.5) is 0 Å². The second kappa shape index (κ2) is 5.62. The molecule has 11 heavy (non-hydrogen) atoms. The van der Waals surface area contributed by atoms with E-state index in [2.05, 4.69) is 0 Å². The van der Waals surface area contributed by atoms with Gasteiger partial charge in [-0.05, 0) is 0 Å². The molecule has 0 heterocycles. The molecule has 0 aromatic rings. The van der Waals surface area contributed by atoms with Gasteiger partial charge in [0.25, 0.3) is 0 Å². The van der Waals surface area contributed by atoms with Gasteiger partial charge in [0.05, 0.1) is 0 Å². The summed E-state index contributed by atoms with van der Waals surface area (Å²) in [5, 5.41) is -1.88. The third kappa shape index (κ3) is 18.2. The van der Waals surface area contributed by atoms with E-state index in [1.54, 1.807) is 0 Å². The van der Waals surface area contributed by atoms with Crippen LogP contribution >= 0.6 is 0 Å². The first-order chi connectivity index (χ1) is 3.71. The van der Waals surface area contributed by atoms with Crippen molar-refractivity contribution in [3.63, 3.8) is 0 Å². The Hall–Kier alpha value is 1.01. The van der Waals surface area contributed by atoms with Crippen molar-refractivity contribution in [1.82, 2.24) is 0 Å². The Morgan fingerprint density at radius 3 is 1.00 bits per heavy atom. The van der Waals surface area contributed by atoms with Gasteiger partial charge in [-0.25, -0.2) is 16.8 Å². The summed E-state index contributed by atoms with van der Waals surface area (Å²) in [6.07, 6.45) is 0. The van der Waals surface area contributed by atoms with E-state index in [9.17, 15) is 25.9 Å². The Balaban J connectivity index is -0.000000320. The van der Waals surface area contributed by atoms with Crippen LogP contribution in [0.25, 0.3) is 0 Å². The van der Waals surface area contributed by atoms with Crippen LogP contribution < -0.4 is 37.7 Å². The molecule has 0 saturated heterocycles. The Labute approximate surface area is 88.6 Å². The summed E-state index contributed by atoms with van der Waals surface area (Å²) in [5.41, 5.74) is 0. The fraction of sp³-hybridized carbons (Fsp3) is 1.00. The summed E-state index contributed by atoms with van der Waals surface area (Å²) in [6, 6.07) is 0.